The third-order valence-electron chi connectivity index (χ3n) is 7.55. The van der Waals surface area contributed by atoms with E-state index in [4.69, 9.17) is 23.2 Å². The topological polar surface area (TPSA) is 87.5 Å². The van der Waals surface area contributed by atoms with Gasteiger partial charge in [-0.1, -0.05) is 47.5 Å². The van der Waals surface area contributed by atoms with Crippen LogP contribution in [0.4, 0.5) is 20.4 Å². The monoisotopic (exact) mass is 631 g/mol. The Morgan fingerprint density at radius 2 is 1.55 bits per heavy atom. The van der Waals surface area contributed by atoms with Crippen LogP contribution in [-0.4, -0.2) is 54.4 Å². The lowest BCUT2D eigenvalue weighted by Crippen LogP contribution is -2.48. The molecule has 4 aromatic rings. The predicted octanol–water partition coefficient (Wildman–Crippen LogP) is 5.37. The number of nitrogens with zero attached hydrogens (tertiary/aromatic N) is 4. The van der Waals surface area contributed by atoms with Gasteiger partial charge in [0.05, 0.1) is 11.9 Å². The van der Waals surface area contributed by atoms with Crippen molar-refractivity contribution in [1.29, 1.82) is 0 Å². The van der Waals surface area contributed by atoms with Gasteiger partial charge in [0, 0.05) is 48.7 Å². The Bertz CT molecular complexity index is 1770. The van der Waals surface area contributed by atoms with E-state index in [1.807, 2.05) is 0 Å². The lowest BCUT2D eigenvalue weighted by atomic mass is 9.91. The Hall–Kier alpha value is -3.35. The summed E-state index contributed by atoms with van der Waals surface area (Å²) in [5.74, 6) is -1.67. The Morgan fingerprint density at radius 1 is 0.929 bits per heavy atom. The second kappa shape index (κ2) is 10.7. The fourth-order valence-corrected chi connectivity index (χ4v) is 7.71. The summed E-state index contributed by atoms with van der Waals surface area (Å²) in [6.07, 6.45) is 1.37. The molecule has 1 atom stereocenters. The molecular formula is C29H25Cl2F2N5O3S. The zero-order chi connectivity index (χ0) is 29.8. The summed E-state index contributed by atoms with van der Waals surface area (Å²) in [5.41, 5.74) is 0.585. The molecule has 2 aliphatic heterocycles. The molecule has 1 fully saturated rings. The van der Waals surface area contributed by atoms with E-state index in [1.54, 1.807) is 43.3 Å². The van der Waals surface area contributed by atoms with E-state index in [2.05, 4.69) is 10.3 Å². The molecule has 6 rings (SSSR count). The highest BCUT2D eigenvalue weighted by Gasteiger charge is 2.52. The molecule has 2 aliphatic rings. The number of aromatic nitrogens is 2. The van der Waals surface area contributed by atoms with Crippen LogP contribution in [0.1, 0.15) is 12.5 Å². The molecule has 3 aromatic carbocycles. The molecule has 1 N–H and O–H groups in total. The van der Waals surface area contributed by atoms with Gasteiger partial charge >= 0.3 is 0 Å². The molecule has 0 bridgehead atoms. The maximum Gasteiger partial charge on any atom is 0.260 e. The van der Waals surface area contributed by atoms with Crippen molar-refractivity contribution in [2.45, 2.75) is 23.9 Å². The number of amides is 1. The SMILES string of the molecule is C[C@@]1(Cc2ccc(-c3cc(F)cc(F)c3)cc2)C(=O)N(c2cc(Cl)cc(Cl)c2)c2ncc(S(=O)(=O)N3CCNCC3)n21. The number of piperazine rings is 1. The van der Waals surface area contributed by atoms with E-state index in [0.717, 1.165) is 6.07 Å². The molecule has 0 radical (unpaired) electrons. The number of benzene rings is 3. The first kappa shape index (κ1) is 28.8. The fourth-order valence-electron chi connectivity index (χ4n) is 5.56. The van der Waals surface area contributed by atoms with Crippen molar-refractivity contribution < 1.29 is 22.0 Å². The number of carbonyl (C=O) groups is 1. The maximum absolute atomic E-state index is 14.3. The van der Waals surface area contributed by atoms with Gasteiger partial charge in [0.2, 0.25) is 5.95 Å². The molecule has 0 unspecified atom stereocenters. The smallest absolute Gasteiger partial charge is 0.260 e. The quantitative estimate of drug-likeness (QED) is 0.309. The van der Waals surface area contributed by atoms with Gasteiger partial charge in [0.1, 0.15) is 17.2 Å². The number of hydrogen-bond acceptors (Lipinski definition) is 5. The van der Waals surface area contributed by atoms with Crippen LogP contribution in [0.25, 0.3) is 11.1 Å². The molecule has 1 aromatic heterocycles. The van der Waals surface area contributed by atoms with Gasteiger partial charge in [0.25, 0.3) is 15.9 Å². The average molecular weight is 633 g/mol. The van der Waals surface area contributed by atoms with E-state index >= 15 is 0 Å². The Morgan fingerprint density at radius 3 is 2.17 bits per heavy atom. The third-order valence-corrected chi connectivity index (χ3v) is 9.85. The fraction of sp³-hybridized carbons (Fsp3) is 0.241. The molecular weight excluding hydrogens is 607 g/mol. The molecule has 0 spiro atoms. The van der Waals surface area contributed by atoms with Gasteiger partial charge < -0.3 is 5.32 Å². The minimum absolute atomic E-state index is 0.0991. The van der Waals surface area contributed by atoms with E-state index < -0.39 is 33.1 Å². The Kier molecular flexibility index (Phi) is 7.35. The van der Waals surface area contributed by atoms with Crippen molar-refractivity contribution in [3.8, 4) is 11.1 Å². The van der Waals surface area contributed by atoms with E-state index in [1.165, 1.54) is 38.2 Å². The minimum Gasteiger partial charge on any atom is -0.314 e. The van der Waals surface area contributed by atoms with Crippen LogP contribution >= 0.6 is 23.2 Å². The van der Waals surface area contributed by atoms with E-state index in [-0.39, 0.29) is 30.5 Å². The van der Waals surface area contributed by atoms with E-state index in [0.29, 0.717) is 45.5 Å². The first-order valence-electron chi connectivity index (χ1n) is 13.1. The van der Waals surface area contributed by atoms with Crippen molar-refractivity contribution in [1.82, 2.24) is 19.2 Å². The number of nitrogens with one attached hydrogen (secondary N) is 1. The zero-order valence-electron chi connectivity index (χ0n) is 22.3. The number of rotatable bonds is 6. The van der Waals surface area contributed by atoms with E-state index in [9.17, 15) is 22.0 Å². The van der Waals surface area contributed by atoms with Crippen LogP contribution in [-0.2, 0) is 26.8 Å². The number of imidazole rings is 1. The maximum atomic E-state index is 14.3. The number of anilines is 2. The van der Waals surface area contributed by atoms with Gasteiger partial charge in [-0.05, 0) is 53.9 Å². The van der Waals surface area contributed by atoms with Crippen LogP contribution in [0.3, 0.4) is 0 Å². The standard InChI is InChI=1S/C29H25Cl2F2N5O3S/c1-29(16-18-2-4-19(5-3-18)20-10-23(32)15-24(33)11-20)27(39)37(25-13-21(30)12-22(31)14-25)28-35-17-26(38(28)29)42(40,41)36-8-6-34-7-9-36/h2-5,10-15,17,34H,6-9,16H2,1H3/t29-/m1/s1. The van der Waals surface area contributed by atoms with Crippen molar-refractivity contribution in [3.05, 3.63) is 94.1 Å². The number of halogens is 4. The number of carbonyl (C=O) groups excluding carboxylic acids is 1. The zero-order valence-corrected chi connectivity index (χ0v) is 24.6. The molecule has 0 aliphatic carbocycles. The number of fused-ring (bicyclic) bond motifs is 1. The van der Waals surface area contributed by atoms with Crippen LogP contribution in [0.15, 0.2) is 71.9 Å². The highest BCUT2D eigenvalue weighted by Crippen LogP contribution is 2.45. The van der Waals surface area contributed by atoms with Gasteiger partial charge in [-0.15, -0.1) is 0 Å². The molecule has 1 amide bonds. The molecule has 8 nitrogen and oxygen atoms in total. The highest BCUT2D eigenvalue weighted by atomic mass is 35.5. The molecule has 42 heavy (non-hydrogen) atoms. The van der Waals surface area contributed by atoms with Crippen molar-refractivity contribution in [2.24, 2.45) is 0 Å². The summed E-state index contributed by atoms with van der Waals surface area (Å²) in [4.78, 5) is 20.0. The first-order chi connectivity index (χ1) is 20.0. The third kappa shape index (κ3) is 4.99. The molecule has 0 saturated carbocycles. The Labute approximate surface area is 251 Å². The summed E-state index contributed by atoms with van der Waals surface area (Å²) in [6, 6.07) is 14.8. The minimum atomic E-state index is -4.01. The van der Waals surface area contributed by atoms with Crippen molar-refractivity contribution >= 4 is 50.8 Å². The predicted molar refractivity (Wildman–Crippen MR) is 157 cm³/mol. The van der Waals surface area contributed by atoms with Crippen molar-refractivity contribution in [2.75, 3.05) is 31.1 Å². The summed E-state index contributed by atoms with van der Waals surface area (Å²) in [6.45, 7) is 3.24. The Balaban J connectivity index is 1.44. The summed E-state index contributed by atoms with van der Waals surface area (Å²) < 4.78 is 58.2. The van der Waals surface area contributed by atoms with Crippen LogP contribution < -0.4 is 10.2 Å². The van der Waals surface area contributed by atoms with Gasteiger partial charge in [-0.25, -0.2) is 27.1 Å². The molecule has 3 heterocycles. The van der Waals surface area contributed by atoms with Gasteiger partial charge in [0.15, 0.2) is 5.03 Å². The lowest BCUT2D eigenvalue weighted by molar-refractivity contribution is -0.124. The summed E-state index contributed by atoms with van der Waals surface area (Å²) in [5, 5.41) is 3.65. The van der Waals surface area contributed by atoms with Crippen LogP contribution in [0.5, 0.6) is 0 Å². The average Bonchev–Trinajstić information content (AvgIpc) is 3.47. The van der Waals surface area contributed by atoms with Crippen LogP contribution in [0.2, 0.25) is 10.0 Å². The largest absolute Gasteiger partial charge is 0.314 e. The summed E-state index contributed by atoms with van der Waals surface area (Å²) >= 11 is 12.5. The number of sulfonamides is 1. The van der Waals surface area contributed by atoms with Crippen LogP contribution in [0, 0.1) is 11.6 Å². The normalized spacial score (nSPS) is 19.4. The first-order valence-corrected chi connectivity index (χ1v) is 15.3. The number of hydrogen-bond donors (Lipinski definition) is 1. The highest BCUT2D eigenvalue weighted by molar-refractivity contribution is 7.89. The second-order valence-electron chi connectivity index (χ2n) is 10.5. The van der Waals surface area contributed by atoms with Gasteiger partial charge in [-0.3, -0.25) is 9.36 Å². The molecule has 218 valence electrons. The van der Waals surface area contributed by atoms with Crippen molar-refractivity contribution in [3.63, 3.8) is 0 Å². The molecule has 13 heteroatoms. The second-order valence-corrected chi connectivity index (χ2v) is 13.2. The lowest BCUT2D eigenvalue weighted by Gasteiger charge is -2.30. The molecule has 1 saturated heterocycles. The van der Waals surface area contributed by atoms with Gasteiger partial charge in [-0.2, -0.15) is 4.31 Å². The summed E-state index contributed by atoms with van der Waals surface area (Å²) in [7, 11) is -4.01.